The predicted molar refractivity (Wildman–Crippen MR) is 313 cm³/mol. The quantitative estimate of drug-likeness (QED) is 0.148. The van der Waals surface area contributed by atoms with E-state index in [4.69, 9.17) is 0 Å². The van der Waals surface area contributed by atoms with Crippen molar-refractivity contribution in [3.63, 3.8) is 0 Å². The number of anilines is 3. The van der Waals surface area contributed by atoms with Crippen molar-refractivity contribution in [2.45, 2.75) is 0 Å². The van der Waals surface area contributed by atoms with Crippen LogP contribution in [0, 0.1) is 0 Å². The molecule has 15 rings (SSSR count). The van der Waals surface area contributed by atoms with Gasteiger partial charge in [0.15, 0.2) is 0 Å². The van der Waals surface area contributed by atoms with E-state index in [1.807, 2.05) is 0 Å². The second-order valence-electron chi connectivity index (χ2n) is 19.3. The maximum absolute atomic E-state index is 2.44. The molecule has 4 nitrogen and oxygen atoms in total. The third-order valence-electron chi connectivity index (χ3n) is 15.2. The fourth-order valence-corrected chi connectivity index (χ4v) is 11.9. The smallest absolute Gasteiger partial charge is 0.0547 e. The van der Waals surface area contributed by atoms with Crippen molar-refractivity contribution in [3.05, 3.63) is 279 Å². The topological polar surface area (TPSA) is 18.0 Å². The molecule has 4 heteroatoms. The maximum atomic E-state index is 2.44. The van der Waals surface area contributed by atoms with Crippen LogP contribution in [0.15, 0.2) is 279 Å². The van der Waals surface area contributed by atoms with Gasteiger partial charge in [-0.05, 0) is 119 Å². The van der Waals surface area contributed by atoms with Crippen LogP contribution in [-0.4, -0.2) is 13.7 Å². The molecule has 0 radical (unpaired) electrons. The number of aromatic nitrogens is 3. The van der Waals surface area contributed by atoms with Gasteiger partial charge in [0.25, 0.3) is 0 Å². The summed E-state index contributed by atoms with van der Waals surface area (Å²) in [6.45, 7) is 0. The van der Waals surface area contributed by atoms with Gasteiger partial charge in [0.05, 0.1) is 44.5 Å². The van der Waals surface area contributed by atoms with Crippen LogP contribution in [0.1, 0.15) is 0 Å². The lowest BCUT2D eigenvalue weighted by molar-refractivity contribution is 1.18. The molecule has 0 fully saturated rings. The Kier molecular flexibility index (Phi) is 9.54. The standard InChI is InChI=1S/C70H46N4/c1-3-17-51(18-4-1)72-63-27-13-9-25-59(63)61-41-35-49(45-69(61)72)47-31-37-53(38-32-47)71(67-43-44-68(58-22-8-7-21-57(58)67)74-65-29-15-11-23-55(65)56-24-12-16-30-66(56)74)54-39-33-48(34-40-54)50-36-42-62-60-26-10-14-28-64(60)73(70(62)46-50)52-19-5-2-6-20-52/h1-46H. The van der Waals surface area contributed by atoms with Gasteiger partial charge in [-0.25, -0.2) is 0 Å². The SMILES string of the molecule is c1ccc(-n2c3ccccc3c3ccc(-c4ccc(N(c5ccc(-c6ccc7c8ccccc8n(-c8ccccc8)c7c6)cc5)c5ccc(-n6c7ccccc7c7ccccc76)c6ccccc56)cc4)cc32)cc1. The van der Waals surface area contributed by atoms with Gasteiger partial charge >= 0.3 is 0 Å². The van der Waals surface area contributed by atoms with E-state index in [0.29, 0.717) is 0 Å². The molecule has 0 aliphatic rings. The van der Waals surface area contributed by atoms with Crippen LogP contribution in [0.25, 0.3) is 116 Å². The van der Waals surface area contributed by atoms with E-state index in [9.17, 15) is 0 Å². The minimum Gasteiger partial charge on any atom is -0.310 e. The fraction of sp³-hybridized carbons (Fsp3) is 0. The molecule has 346 valence electrons. The van der Waals surface area contributed by atoms with E-state index in [1.54, 1.807) is 0 Å². The molecule has 15 aromatic rings. The lowest BCUT2D eigenvalue weighted by Gasteiger charge is -2.28. The lowest BCUT2D eigenvalue weighted by Crippen LogP contribution is -2.11. The van der Waals surface area contributed by atoms with Gasteiger partial charge < -0.3 is 18.6 Å². The van der Waals surface area contributed by atoms with Gasteiger partial charge in [-0.3, -0.25) is 0 Å². The first-order valence-electron chi connectivity index (χ1n) is 25.4. The molecule has 0 aliphatic heterocycles. The first-order valence-corrected chi connectivity index (χ1v) is 25.4. The number of hydrogen-bond acceptors (Lipinski definition) is 1. The zero-order chi connectivity index (χ0) is 48.7. The summed E-state index contributed by atoms with van der Waals surface area (Å²) in [5.74, 6) is 0. The number of rotatable bonds is 8. The lowest BCUT2D eigenvalue weighted by atomic mass is 10.0. The number of nitrogens with zero attached hydrogens (tertiary/aromatic N) is 4. The molecule has 0 unspecified atom stereocenters. The highest BCUT2D eigenvalue weighted by Crippen LogP contribution is 2.44. The van der Waals surface area contributed by atoms with E-state index in [2.05, 4.69) is 298 Å². The highest BCUT2D eigenvalue weighted by atomic mass is 15.1. The Hall–Kier alpha value is -9.90. The molecule has 0 aliphatic carbocycles. The van der Waals surface area contributed by atoms with Crippen molar-refractivity contribution < 1.29 is 0 Å². The van der Waals surface area contributed by atoms with Crippen molar-refractivity contribution in [2.24, 2.45) is 0 Å². The Labute approximate surface area is 428 Å². The Bertz CT molecular complexity index is 4380. The number of benzene rings is 12. The van der Waals surface area contributed by atoms with Crippen molar-refractivity contribution in [1.82, 2.24) is 13.7 Å². The highest BCUT2D eigenvalue weighted by Gasteiger charge is 2.21. The summed E-state index contributed by atoms with van der Waals surface area (Å²) in [5.41, 5.74) is 18.5. The zero-order valence-corrected chi connectivity index (χ0v) is 40.3. The molecule has 12 aromatic carbocycles. The third kappa shape index (κ3) is 6.55. The summed E-state index contributed by atoms with van der Waals surface area (Å²) in [5, 5.41) is 9.84. The summed E-state index contributed by atoms with van der Waals surface area (Å²) in [6.07, 6.45) is 0. The number of hydrogen-bond donors (Lipinski definition) is 0. The van der Waals surface area contributed by atoms with Crippen LogP contribution < -0.4 is 4.90 Å². The summed E-state index contributed by atoms with van der Waals surface area (Å²) in [4.78, 5) is 2.43. The predicted octanol–water partition coefficient (Wildman–Crippen LogP) is 18.9. The normalized spacial score (nSPS) is 11.8. The molecule has 3 heterocycles. The molecule has 0 saturated heterocycles. The van der Waals surface area contributed by atoms with Crippen LogP contribution >= 0.6 is 0 Å². The first-order chi connectivity index (χ1) is 36.7. The number of fused-ring (bicyclic) bond motifs is 10. The van der Waals surface area contributed by atoms with Crippen LogP contribution in [0.5, 0.6) is 0 Å². The highest BCUT2D eigenvalue weighted by molar-refractivity contribution is 6.13. The van der Waals surface area contributed by atoms with Crippen LogP contribution in [0.4, 0.5) is 17.1 Å². The largest absolute Gasteiger partial charge is 0.310 e. The van der Waals surface area contributed by atoms with Crippen molar-refractivity contribution in [2.75, 3.05) is 4.90 Å². The van der Waals surface area contributed by atoms with Gasteiger partial charge in [0, 0.05) is 65.8 Å². The Morgan fingerprint density at radius 2 is 0.554 bits per heavy atom. The molecule has 0 saturated carbocycles. The second kappa shape index (κ2) is 16.9. The molecule has 3 aromatic heterocycles. The van der Waals surface area contributed by atoms with Crippen molar-refractivity contribution in [3.8, 4) is 39.3 Å². The Balaban J connectivity index is 0.881. The molecule has 0 atom stereocenters. The summed E-state index contributed by atoms with van der Waals surface area (Å²) in [7, 11) is 0. The van der Waals surface area contributed by atoms with Crippen LogP contribution in [-0.2, 0) is 0 Å². The molecule has 0 N–H and O–H groups in total. The monoisotopic (exact) mass is 942 g/mol. The van der Waals surface area contributed by atoms with Gasteiger partial charge in [0.2, 0.25) is 0 Å². The van der Waals surface area contributed by atoms with E-state index in [-0.39, 0.29) is 0 Å². The van der Waals surface area contributed by atoms with E-state index >= 15 is 0 Å². The molecule has 0 bridgehead atoms. The summed E-state index contributed by atoms with van der Waals surface area (Å²) in [6, 6.07) is 102. The molecular weight excluding hydrogens is 897 g/mol. The van der Waals surface area contributed by atoms with Crippen LogP contribution in [0.3, 0.4) is 0 Å². The van der Waals surface area contributed by atoms with Gasteiger partial charge in [-0.1, -0.05) is 182 Å². The van der Waals surface area contributed by atoms with Gasteiger partial charge in [0.1, 0.15) is 0 Å². The summed E-state index contributed by atoms with van der Waals surface area (Å²) >= 11 is 0. The molecular formula is C70H46N4. The van der Waals surface area contributed by atoms with Gasteiger partial charge in [-0.2, -0.15) is 0 Å². The Morgan fingerprint density at radius 1 is 0.216 bits per heavy atom. The molecule has 0 amide bonds. The minimum atomic E-state index is 1.07. The van der Waals surface area contributed by atoms with E-state index in [0.717, 1.165) is 45.3 Å². The average molecular weight is 943 g/mol. The van der Waals surface area contributed by atoms with E-state index < -0.39 is 0 Å². The zero-order valence-electron chi connectivity index (χ0n) is 40.3. The van der Waals surface area contributed by atoms with E-state index in [1.165, 1.54) is 87.3 Å². The van der Waals surface area contributed by atoms with Crippen molar-refractivity contribution >= 4 is 93.3 Å². The van der Waals surface area contributed by atoms with Crippen molar-refractivity contribution in [1.29, 1.82) is 0 Å². The second-order valence-corrected chi connectivity index (χ2v) is 19.3. The maximum Gasteiger partial charge on any atom is 0.0547 e. The average Bonchev–Trinajstić information content (AvgIpc) is 4.12. The fourth-order valence-electron chi connectivity index (χ4n) is 11.9. The molecule has 0 spiro atoms. The first kappa shape index (κ1) is 41.8. The number of para-hydroxylation sites is 6. The van der Waals surface area contributed by atoms with Crippen LogP contribution in [0.2, 0.25) is 0 Å². The Morgan fingerprint density at radius 3 is 0.986 bits per heavy atom. The van der Waals surface area contributed by atoms with Gasteiger partial charge in [-0.15, -0.1) is 0 Å². The minimum absolute atomic E-state index is 1.07. The molecule has 74 heavy (non-hydrogen) atoms. The third-order valence-corrected chi connectivity index (χ3v) is 15.2. The summed E-state index contributed by atoms with van der Waals surface area (Å²) < 4.78 is 7.22.